The molecule has 0 saturated heterocycles. The van der Waals surface area contributed by atoms with Crippen molar-refractivity contribution >= 4 is 11.9 Å². The summed E-state index contributed by atoms with van der Waals surface area (Å²) in [4.78, 5) is 22.0. The van der Waals surface area contributed by atoms with Gasteiger partial charge in [0.1, 0.15) is 5.75 Å². The Hall–Kier alpha value is -2.04. The van der Waals surface area contributed by atoms with Crippen LogP contribution in [0.2, 0.25) is 0 Å². The van der Waals surface area contributed by atoms with Crippen molar-refractivity contribution in [3.63, 3.8) is 0 Å². The minimum Gasteiger partial charge on any atom is -0.496 e. The molecular weight excluding hydrogens is 270 g/mol. The summed E-state index contributed by atoms with van der Waals surface area (Å²) in [5.74, 6) is -0.0229. The number of carboxylic acid groups (broad SMARTS) is 1. The number of amides is 1. The summed E-state index contributed by atoms with van der Waals surface area (Å²) < 4.78 is 5.29. The number of rotatable bonds is 9. The van der Waals surface area contributed by atoms with E-state index >= 15 is 0 Å². The maximum atomic E-state index is 11.6. The highest BCUT2D eigenvalue weighted by Gasteiger charge is 2.05. The van der Waals surface area contributed by atoms with E-state index in [2.05, 4.69) is 11.4 Å². The number of methoxy groups -OCH3 is 1. The number of carboxylic acids is 1. The van der Waals surface area contributed by atoms with Gasteiger partial charge in [0.2, 0.25) is 5.91 Å². The molecule has 0 aromatic heterocycles. The van der Waals surface area contributed by atoms with Gasteiger partial charge < -0.3 is 15.2 Å². The Morgan fingerprint density at radius 2 is 1.95 bits per heavy atom. The van der Waals surface area contributed by atoms with Crippen LogP contribution in [-0.4, -0.2) is 30.6 Å². The van der Waals surface area contributed by atoms with Gasteiger partial charge in [-0.15, -0.1) is 0 Å². The average molecular weight is 293 g/mol. The monoisotopic (exact) mass is 293 g/mol. The molecule has 21 heavy (non-hydrogen) atoms. The van der Waals surface area contributed by atoms with Gasteiger partial charge in [-0.3, -0.25) is 9.59 Å². The number of carbonyl (C=O) groups excluding carboxylic acids is 1. The van der Waals surface area contributed by atoms with Crippen LogP contribution >= 0.6 is 0 Å². The summed E-state index contributed by atoms with van der Waals surface area (Å²) in [5.41, 5.74) is 2.23. The third-order valence-corrected chi connectivity index (χ3v) is 3.20. The molecule has 0 aliphatic rings. The van der Waals surface area contributed by atoms with E-state index in [0.717, 1.165) is 16.9 Å². The van der Waals surface area contributed by atoms with E-state index in [1.54, 1.807) is 7.11 Å². The van der Waals surface area contributed by atoms with Crippen LogP contribution in [0.3, 0.4) is 0 Å². The van der Waals surface area contributed by atoms with E-state index in [4.69, 9.17) is 9.84 Å². The lowest BCUT2D eigenvalue weighted by atomic mass is 10.1. The van der Waals surface area contributed by atoms with E-state index in [-0.39, 0.29) is 12.3 Å². The van der Waals surface area contributed by atoms with Gasteiger partial charge >= 0.3 is 5.97 Å². The molecule has 116 valence electrons. The van der Waals surface area contributed by atoms with Gasteiger partial charge in [-0.2, -0.15) is 0 Å². The van der Waals surface area contributed by atoms with Crippen LogP contribution in [0.5, 0.6) is 5.75 Å². The molecule has 0 fully saturated rings. The molecule has 1 aromatic carbocycles. The number of nitrogens with one attached hydrogen (secondary N) is 1. The van der Waals surface area contributed by atoms with Crippen LogP contribution in [0.1, 0.15) is 36.8 Å². The number of hydrogen-bond donors (Lipinski definition) is 2. The van der Waals surface area contributed by atoms with Crippen molar-refractivity contribution in [1.82, 2.24) is 5.32 Å². The van der Waals surface area contributed by atoms with Crippen molar-refractivity contribution in [2.45, 2.75) is 39.0 Å². The second kappa shape index (κ2) is 9.00. The first-order chi connectivity index (χ1) is 10.0. The SMILES string of the molecule is COc1ccc(C)cc1CCNC(=O)CCCCC(=O)O. The lowest BCUT2D eigenvalue weighted by Gasteiger charge is -2.10. The topological polar surface area (TPSA) is 75.6 Å². The highest BCUT2D eigenvalue weighted by atomic mass is 16.5. The molecule has 2 N–H and O–H groups in total. The maximum Gasteiger partial charge on any atom is 0.303 e. The molecule has 1 amide bonds. The molecule has 0 aliphatic carbocycles. The summed E-state index contributed by atoms with van der Waals surface area (Å²) in [5, 5.41) is 11.4. The summed E-state index contributed by atoms with van der Waals surface area (Å²) >= 11 is 0. The first-order valence-corrected chi connectivity index (χ1v) is 7.15. The first-order valence-electron chi connectivity index (χ1n) is 7.15. The van der Waals surface area contributed by atoms with Gasteiger partial charge in [0.15, 0.2) is 0 Å². The second-order valence-electron chi connectivity index (χ2n) is 5.02. The number of hydrogen-bond acceptors (Lipinski definition) is 3. The zero-order valence-corrected chi connectivity index (χ0v) is 12.6. The molecule has 1 rings (SSSR count). The Balaban J connectivity index is 2.28. The third kappa shape index (κ3) is 6.79. The molecule has 0 heterocycles. The summed E-state index contributed by atoms with van der Waals surface area (Å²) in [6.45, 7) is 2.57. The van der Waals surface area contributed by atoms with Crippen molar-refractivity contribution in [1.29, 1.82) is 0 Å². The van der Waals surface area contributed by atoms with Crippen LogP contribution in [-0.2, 0) is 16.0 Å². The van der Waals surface area contributed by atoms with Gasteiger partial charge in [0.25, 0.3) is 0 Å². The molecule has 5 heteroatoms. The smallest absolute Gasteiger partial charge is 0.303 e. The number of aryl methyl sites for hydroxylation is 1. The number of benzene rings is 1. The Bertz CT molecular complexity index is 485. The van der Waals surface area contributed by atoms with Gasteiger partial charge in [0, 0.05) is 19.4 Å². The quantitative estimate of drug-likeness (QED) is 0.685. The molecule has 0 bridgehead atoms. The molecule has 0 spiro atoms. The molecule has 0 atom stereocenters. The second-order valence-corrected chi connectivity index (χ2v) is 5.02. The first kappa shape index (κ1) is 17.0. The van der Waals surface area contributed by atoms with E-state index in [0.29, 0.717) is 32.2 Å². The lowest BCUT2D eigenvalue weighted by Crippen LogP contribution is -2.25. The molecule has 0 unspecified atom stereocenters. The largest absolute Gasteiger partial charge is 0.496 e. The minimum absolute atomic E-state index is 0.0352. The normalized spacial score (nSPS) is 10.2. The molecular formula is C16H23NO4. The Morgan fingerprint density at radius 3 is 2.62 bits per heavy atom. The summed E-state index contributed by atoms with van der Waals surface area (Å²) in [6.07, 6.45) is 2.35. The summed E-state index contributed by atoms with van der Waals surface area (Å²) in [7, 11) is 1.63. The Labute approximate surface area is 125 Å². The highest BCUT2D eigenvalue weighted by Crippen LogP contribution is 2.19. The predicted octanol–water partition coefficient (Wildman–Crippen LogP) is 2.31. The summed E-state index contributed by atoms with van der Waals surface area (Å²) in [6, 6.07) is 5.97. The fourth-order valence-electron chi connectivity index (χ4n) is 2.09. The van der Waals surface area contributed by atoms with Crippen molar-refractivity contribution in [2.24, 2.45) is 0 Å². The zero-order valence-electron chi connectivity index (χ0n) is 12.6. The molecule has 0 aliphatic heterocycles. The van der Waals surface area contributed by atoms with Gasteiger partial charge in [-0.25, -0.2) is 0 Å². The van der Waals surface area contributed by atoms with Crippen LogP contribution in [0.15, 0.2) is 18.2 Å². The predicted molar refractivity (Wildman–Crippen MR) is 80.5 cm³/mol. The van der Waals surface area contributed by atoms with Gasteiger partial charge in [0.05, 0.1) is 7.11 Å². The number of aliphatic carboxylic acids is 1. The third-order valence-electron chi connectivity index (χ3n) is 3.20. The Morgan fingerprint density at radius 1 is 1.24 bits per heavy atom. The lowest BCUT2D eigenvalue weighted by molar-refractivity contribution is -0.137. The number of carbonyl (C=O) groups is 2. The van der Waals surface area contributed by atoms with Crippen LogP contribution in [0.25, 0.3) is 0 Å². The zero-order chi connectivity index (χ0) is 15.7. The molecule has 0 radical (unpaired) electrons. The van der Waals surface area contributed by atoms with Crippen molar-refractivity contribution in [2.75, 3.05) is 13.7 Å². The standard InChI is InChI=1S/C16H23NO4/c1-12-7-8-14(21-2)13(11-12)9-10-17-15(18)5-3-4-6-16(19)20/h7-8,11H,3-6,9-10H2,1-2H3,(H,17,18)(H,19,20). The van der Waals surface area contributed by atoms with Crippen molar-refractivity contribution in [3.8, 4) is 5.75 Å². The minimum atomic E-state index is -0.818. The number of ether oxygens (including phenoxy) is 1. The van der Waals surface area contributed by atoms with Crippen molar-refractivity contribution in [3.05, 3.63) is 29.3 Å². The van der Waals surface area contributed by atoms with E-state index in [9.17, 15) is 9.59 Å². The Kier molecular flexibility index (Phi) is 7.29. The van der Waals surface area contributed by atoms with Crippen LogP contribution < -0.4 is 10.1 Å². The van der Waals surface area contributed by atoms with Crippen molar-refractivity contribution < 1.29 is 19.4 Å². The average Bonchev–Trinajstić information content (AvgIpc) is 2.44. The van der Waals surface area contributed by atoms with E-state index < -0.39 is 5.97 Å². The fourth-order valence-corrected chi connectivity index (χ4v) is 2.09. The molecule has 0 saturated carbocycles. The molecule has 5 nitrogen and oxygen atoms in total. The van der Waals surface area contributed by atoms with Crippen LogP contribution in [0.4, 0.5) is 0 Å². The fraction of sp³-hybridized carbons (Fsp3) is 0.500. The van der Waals surface area contributed by atoms with E-state index in [1.165, 1.54) is 0 Å². The number of unbranched alkanes of at least 4 members (excludes halogenated alkanes) is 1. The van der Waals surface area contributed by atoms with E-state index in [1.807, 2.05) is 19.1 Å². The maximum absolute atomic E-state index is 11.6. The van der Waals surface area contributed by atoms with Gasteiger partial charge in [-0.05, 0) is 37.8 Å². The van der Waals surface area contributed by atoms with Crippen LogP contribution in [0, 0.1) is 6.92 Å². The molecule has 1 aromatic rings. The highest BCUT2D eigenvalue weighted by molar-refractivity contribution is 5.75. The van der Waals surface area contributed by atoms with Gasteiger partial charge in [-0.1, -0.05) is 17.7 Å².